The Morgan fingerprint density at radius 3 is 2.75 bits per heavy atom. The summed E-state index contributed by atoms with van der Waals surface area (Å²) in [7, 11) is 0. The lowest BCUT2D eigenvalue weighted by atomic mass is 9.86. The Balaban J connectivity index is 2.31. The van der Waals surface area contributed by atoms with E-state index < -0.39 is 5.97 Å². The largest absolute Gasteiger partial charge is 0.481 e. The van der Waals surface area contributed by atoms with E-state index in [1.54, 1.807) is 0 Å². The molecular weight excluding hydrogens is 208 g/mol. The fourth-order valence-electron chi connectivity index (χ4n) is 2.06. The number of carbonyl (C=O) groups is 2. The van der Waals surface area contributed by atoms with Gasteiger partial charge in [0.05, 0.1) is 12.5 Å². The predicted molar refractivity (Wildman–Crippen MR) is 60.1 cm³/mol. The molecule has 2 atom stereocenters. The SMILES string of the molecule is CCNCC(=O)NC1CCCC(C(=O)O)C1. The Labute approximate surface area is 95.6 Å². The van der Waals surface area contributed by atoms with Gasteiger partial charge in [-0.1, -0.05) is 13.3 Å². The predicted octanol–water partition coefficient (Wildman–Crippen LogP) is 0.355. The molecule has 0 aromatic heterocycles. The van der Waals surface area contributed by atoms with E-state index in [4.69, 9.17) is 5.11 Å². The first-order valence-corrected chi connectivity index (χ1v) is 5.86. The summed E-state index contributed by atoms with van der Waals surface area (Å²) < 4.78 is 0. The molecule has 0 bridgehead atoms. The van der Waals surface area contributed by atoms with Crippen LogP contribution in [0.1, 0.15) is 32.6 Å². The molecule has 0 radical (unpaired) electrons. The standard InChI is InChI=1S/C11H20N2O3/c1-2-12-7-10(14)13-9-5-3-4-8(6-9)11(15)16/h8-9,12H,2-7H2,1H3,(H,13,14)(H,15,16). The number of aliphatic carboxylic acids is 1. The number of carbonyl (C=O) groups excluding carboxylic acids is 1. The van der Waals surface area contributed by atoms with Crippen molar-refractivity contribution in [2.75, 3.05) is 13.1 Å². The molecule has 0 aliphatic heterocycles. The van der Waals surface area contributed by atoms with Gasteiger partial charge in [-0.15, -0.1) is 0 Å². The van der Waals surface area contributed by atoms with Crippen molar-refractivity contribution >= 4 is 11.9 Å². The van der Waals surface area contributed by atoms with Gasteiger partial charge in [0.25, 0.3) is 0 Å². The highest BCUT2D eigenvalue weighted by Gasteiger charge is 2.27. The van der Waals surface area contributed by atoms with Crippen LogP contribution in [0.2, 0.25) is 0 Å². The normalized spacial score (nSPS) is 25.1. The first kappa shape index (κ1) is 13.0. The van der Waals surface area contributed by atoms with Gasteiger partial charge in [-0.25, -0.2) is 0 Å². The van der Waals surface area contributed by atoms with Gasteiger partial charge < -0.3 is 15.7 Å². The minimum Gasteiger partial charge on any atom is -0.481 e. The third-order valence-electron chi connectivity index (χ3n) is 2.92. The van der Waals surface area contributed by atoms with Crippen LogP contribution >= 0.6 is 0 Å². The molecule has 0 aromatic carbocycles. The van der Waals surface area contributed by atoms with E-state index >= 15 is 0 Å². The van der Waals surface area contributed by atoms with E-state index in [0.717, 1.165) is 25.8 Å². The van der Waals surface area contributed by atoms with Crippen LogP contribution in [0.15, 0.2) is 0 Å². The highest BCUT2D eigenvalue weighted by Crippen LogP contribution is 2.24. The quantitative estimate of drug-likeness (QED) is 0.634. The first-order valence-electron chi connectivity index (χ1n) is 5.86. The summed E-state index contributed by atoms with van der Waals surface area (Å²) in [6.07, 6.45) is 3.06. The summed E-state index contributed by atoms with van der Waals surface area (Å²) in [6, 6.07) is 0.0287. The smallest absolute Gasteiger partial charge is 0.306 e. The maximum absolute atomic E-state index is 11.4. The fourth-order valence-corrected chi connectivity index (χ4v) is 2.06. The maximum Gasteiger partial charge on any atom is 0.306 e. The summed E-state index contributed by atoms with van der Waals surface area (Å²) in [6.45, 7) is 3.01. The molecule has 1 aliphatic rings. The van der Waals surface area contributed by atoms with Gasteiger partial charge in [-0.3, -0.25) is 9.59 Å². The Bertz CT molecular complexity index is 256. The molecule has 0 spiro atoms. The average molecular weight is 228 g/mol. The van der Waals surface area contributed by atoms with Crippen LogP contribution < -0.4 is 10.6 Å². The van der Waals surface area contributed by atoms with Crippen LogP contribution in [0.4, 0.5) is 0 Å². The van der Waals surface area contributed by atoms with Crippen LogP contribution in [0.25, 0.3) is 0 Å². The summed E-state index contributed by atoms with van der Waals surface area (Å²) in [5.74, 6) is -1.08. The molecule has 1 rings (SSSR count). The molecule has 0 aromatic rings. The summed E-state index contributed by atoms with van der Waals surface area (Å²) in [4.78, 5) is 22.3. The molecule has 5 nitrogen and oxygen atoms in total. The number of rotatable bonds is 5. The molecule has 1 saturated carbocycles. The summed E-state index contributed by atoms with van der Waals surface area (Å²) in [5, 5.41) is 14.7. The number of hydrogen-bond acceptors (Lipinski definition) is 3. The van der Waals surface area contributed by atoms with Crippen LogP contribution in [0, 0.1) is 5.92 Å². The minimum atomic E-state index is -0.745. The third-order valence-corrected chi connectivity index (χ3v) is 2.92. The second-order valence-electron chi connectivity index (χ2n) is 4.25. The zero-order valence-electron chi connectivity index (χ0n) is 9.66. The van der Waals surface area contributed by atoms with Gasteiger partial charge in [-0.2, -0.15) is 0 Å². The van der Waals surface area contributed by atoms with E-state index in [9.17, 15) is 9.59 Å². The van der Waals surface area contributed by atoms with Crippen molar-refractivity contribution in [2.24, 2.45) is 5.92 Å². The first-order chi connectivity index (χ1) is 7.63. The number of hydrogen-bond donors (Lipinski definition) is 3. The molecule has 16 heavy (non-hydrogen) atoms. The molecule has 0 saturated heterocycles. The number of likely N-dealkylation sites (N-methyl/N-ethyl adjacent to an activating group) is 1. The van der Waals surface area contributed by atoms with E-state index in [-0.39, 0.29) is 17.9 Å². The Hall–Kier alpha value is -1.10. The van der Waals surface area contributed by atoms with Crippen molar-refractivity contribution < 1.29 is 14.7 Å². The maximum atomic E-state index is 11.4. The summed E-state index contributed by atoms with van der Waals surface area (Å²) >= 11 is 0. The Morgan fingerprint density at radius 2 is 2.12 bits per heavy atom. The number of nitrogens with one attached hydrogen (secondary N) is 2. The van der Waals surface area contributed by atoms with Gasteiger partial charge in [0.1, 0.15) is 0 Å². The average Bonchev–Trinajstić information content (AvgIpc) is 2.26. The third kappa shape index (κ3) is 4.18. The van der Waals surface area contributed by atoms with Crippen LogP contribution in [-0.2, 0) is 9.59 Å². The molecule has 1 aliphatic carbocycles. The van der Waals surface area contributed by atoms with Crippen LogP contribution in [0.5, 0.6) is 0 Å². The van der Waals surface area contributed by atoms with Crippen molar-refractivity contribution in [1.29, 1.82) is 0 Å². The zero-order chi connectivity index (χ0) is 12.0. The highest BCUT2D eigenvalue weighted by atomic mass is 16.4. The second kappa shape index (κ2) is 6.48. The van der Waals surface area contributed by atoms with Crippen molar-refractivity contribution in [3.8, 4) is 0 Å². The van der Waals surface area contributed by atoms with E-state index in [1.807, 2.05) is 6.92 Å². The van der Waals surface area contributed by atoms with Crippen LogP contribution in [0.3, 0.4) is 0 Å². The van der Waals surface area contributed by atoms with Crippen molar-refractivity contribution in [2.45, 2.75) is 38.6 Å². The number of carboxylic acids is 1. The molecule has 1 fully saturated rings. The Kier molecular flexibility index (Phi) is 5.25. The van der Waals surface area contributed by atoms with Gasteiger partial charge >= 0.3 is 5.97 Å². The van der Waals surface area contributed by atoms with Gasteiger partial charge in [0.15, 0.2) is 0 Å². The molecule has 0 heterocycles. The lowest BCUT2D eigenvalue weighted by Crippen LogP contribution is -2.43. The monoisotopic (exact) mass is 228 g/mol. The van der Waals surface area contributed by atoms with E-state index in [0.29, 0.717) is 13.0 Å². The Morgan fingerprint density at radius 1 is 1.38 bits per heavy atom. The van der Waals surface area contributed by atoms with Gasteiger partial charge in [0, 0.05) is 6.04 Å². The zero-order valence-corrected chi connectivity index (χ0v) is 9.66. The number of amides is 1. The van der Waals surface area contributed by atoms with Crippen LogP contribution in [-0.4, -0.2) is 36.1 Å². The molecule has 92 valence electrons. The summed E-state index contributed by atoms with van der Waals surface area (Å²) in [5.41, 5.74) is 0. The minimum absolute atomic E-state index is 0.0287. The number of carboxylic acid groups (broad SMARTS) is 1. The van der Waals surface area contributed by atoms with Gasteiger partial charge in [0.2, 0.25) is 5.91 Å². The molecule has 5 heteroatoms. The second-order valence-corrected chi connectivity index (χ2v) is 4.25. The fraction of sp³-hybridized carbons (Fsp3) is 0.818. The highest BCUT2D eigenvalue weighted by molar-refractivity contribution is 5.78. The molecule has 3 N–H and O–H groups in total. The van der Waals surface area contributed by atoms with Gasteiger partial charge in [-0.05, 0) is 25.8 Å². The lowest BCUT2D eigenvalue weighted by Gasteiger charge is -2.27. The topological polar surface area (TPSA) is 78.4 Å². The van der Waals surface area contributed by atoms with Crippen molar-refractivity contribution in [3.63, 3.8) is 0 Å². The molecule has 1 amide bonds. The van der Waals surface area contributed by atoms with E-state index in [2.05, 4.69) is 10.6 Å². The van der Waals surface area contributed by atoms with Crippen molar-refractivity contribution in [3.05, 3.63) is 0 Å². The molecular formula is C11H20N2O3. The lowest BCUT2D eigenvalue weighted by molar-refractivity contribution is -0.143. The molecule has 2 unspecified atom stereocenters. The van der Waals surface area contributed by atoms with Crippen molar-refractivity contribution in [1.82, 2.24) is 10.6 Å². The van der Waals surface area contributed by atoms with E-state index in [1.165, 1.54) is 0 Å².